The minimum Gasteiger partial charge on any atom is -0.478 e. The summed E-state index contributed by atoms with van der Waals surface area (Å²) in [6, 6.07) is 3.38. The Labute approximate surface area is 111 Å². The van der Waals surface area contributed by atoms with Gasteiger partial charge in [-0.25, -0.2) is 9.59 Å². The van der Waals surface area contributed by atoms with E-state index in [1.54, 1.807) is 0 Å². The highest BCUT2D eigenvalue weighted by Crippen LogP contribution is 2.22. The van der Waals surface area contributed by atoms with Crippen molar-refractivity contribution < 1.29 is 19.8 Å². The van der Waals surface area contributed by atoms with Crippen LogP contribution in [0.2, 0.25) is 0 Å². The molecule has 0 amide bonds. The molecule has 1 aromatic rings. The van der Waals surface area contributed by atoms with E-state index in [1.807, 2.05) is 0 Å². The molecule has 0 aliphatic carbocycles. The Morgan fingerprint density at radius 1 is 1.16 bits per heavy atom. The van der Waals surface area contributed by atoms with Crippen LogP contribution in [0.15, 0.2) is 18.2 Å². The van der Waals surface area contributed by atoms with Crippen LogP contribution in [0, 0.1) is 0 Å². The van der Waals surface area contributed by atoms with E-state index in [9.17, 15) is 9.59 Å². The van der Waals surface area contributed by atoms with Crippen LogP contribution in [0.25, 0.3) is 0 Å². The molecule has 19 heavy (non-hydrogen) atoms. The van der Waals surface area contributed by atoms with E-state index in [0.29, 0.717) is 18.5 Å². The number of unbranched alkanes of at least 4 members (excludes halogenated alkanes) is 1. The van der Waals surface area contributed by atoms with E-state index >= 15 is 0 Å². The SMILES string of the molecule is NCCCCC(N)c1cc(C(=O)O)ccc1C(=O)O. The zero-order valence-electron chi connectivity index (χ0n) is 10.5. The summed E-state index contributed by atoms with van der Waals surface area (Å²) in [7, 11) is 0. The van der Waals surface area contributed by atoms with Gasteiger partial charge in [-0.1, -0.05) is 6.42 Å². The Bertz CT molecular complexity index is 474. The van der Waals surface area contributed by atoms with Crippen molar-refractivity contribution in [3.8, 4) is 0 Å². The smallest absolute Gasteiger partial charge is 0.336 e. The quantitative estimate of drug-likeness (QED) is 0.549. The van der Waals surface area contributed by atoms with Crippen molar-refractivity contribution in [1.82, 2.24) is 0 Å². The zero-order chi connectivity index (χ0) is 14.4. The molecule has 1 rings (SSSR count). The van der Waals surface area contributed by atoms with E-state index in [-0.39, 0.29) is 11.1 Å². The third-order valence-corrected chi connectivity index (χ3v) is 2.90. The Hall–Kier alpha value is -1.92. The zero-order valence-corrected chi connectivity index (χ0v) is 10.5. The van der Waals surface area contributed by atoms with Crippen molar-refractivity contribution >= 4 is 11.9 Å². The van der Waals surface area contributed by atoms with E-state index < -0.39 is 18.0 Å². The van der Waals surface area contributed by atoms with Gasteiger partial charge in [0.15, 0.2) is 0 Å². The predicted molar refractivity (Wildman–Crippen MR) is 70.2 cm³/mol. The van der Waals surface area contributed by atoms with Gasteiger partial charge >= 0.3 is 11.9 Å². The molecule has 0 aromatic heterocycles. The van der Waals surface area contributed by atoms with Gasteiger partial charge in [0.05, 0.1) is 11.1 Å². The van der Waals surface area contributed by atoms with Crippen molar-refractivity contribution in [2.24, 2.45) is 11.5 Å². The van der Waals surface area contributed by atoms with Crippen molar-refractivity contribution in [2.45, 2.75) is 25.3 Å². The highest BCUT2D eigenvalue weighted by Gasteiger charge is 2.18. The first-order valence-corrected chi connectivity index (χ1v) is 6.03. The summed E-state index contributed by atoms with van der Waals surface area (Å²) < 4.78 is 0. The molecule has 0 spiro atoms. The summed E-state index contributed by atoms with van der Waals surface area (Å²) in [5.74, 6) is -2.21. The first-order chi connectivity index (χ1) is 8.97. The standard InChI is InChI=1S/C13H18N2O4/c14-6-2-1-3-11(15)10-7-8(12(16)17)4-5-9(10)13(18)19/h4-5,7,11H,1-3,6,14-15H2,(H,16,17)(H,18,19). The number of carbonyl (C=O) groups is 2. The van der Waals surface area contributed by atoms with Crippen molar-refractivity contribution in [1.29, 1.82) is 0 Å². The fraction of sp³-hybridized carbons (Fsp3) is 0.385. The van der Waals surface area contributed by atoms with Gasteiger partial charge in [-0.3, -0.25) is 0 Å². The summed E-state index contributed by atoms with van der Waals surface area (Å²) in [6.07, 6.45) is 2.14. The summed E-state index contributed by atoms with van der Waals surface area (Å²) in [4.78, 5) is 22.0. The van der Waals surface area contributed by atoms with Gasteiger partial charge in [0.1, 0.15) is 0 Å². The first-order valence-electron chi connectivity index (χ1n) is 6.03. The largest absolute Gasteiger partial charge is 0.478 e. The second-order valence-corrected chi connectivity index (χ2v) is 4.30. The molecule has 0 saturated carbocycles. The molecule has 0 bridgehead atoms. The molecule has 1 aromatic carbocycles. The average Bonchev–Trinajstić information content (AvgIpc) is 2.37. The van der Waals surface area contributed by atoms with Gasteiger partial charge in [0.2, 0.25) is 0 Å². The molecular weight excluding hydrogens is 248 g/mol. The third kappa shape index (κ3) is 4.04. The highest BCUT2D eigenvalue weighted by molar-refractivity contribution is 5.93. The van der Waals surface area contributed by atoms with Crippen LogP contribution in [-0.2, 0) is 0 Å². The second kappa shape index (κ2) is 6.86. The number of benzene rings is 1. The Balaban J connectivity index is 3.02. The number of hydrogen-bond acceptors (Lipinski definition) is 4. The lowest BCUT2D eigenvalue weighted by Gasteiger charge is -2.15. The molecule has 104 valence electrons. The fourth-order valence-corrected chi connectivity index (χ4v) is 1.86. The van der Waals surface area contributed by atoms with E-state index in [2.05, 4.69) is 0 Å². The molecule has 0 heterocycles. The van der Waals surface area contributed by atoms with E-state index in [4.69, 9.17) is 21.7 Å². The molecule has 0 fully saturated rings. The summed E-state index contributed by atoms with van der Waals surface area (Å²) in [5, 5.41) is 18.0. The lowest BCUT2D eigenvalue weighted by atomic mass is 9.95. The minimum atomic E-state index is -1.11. The van der Waals surface area contributed by atoms with Gasteiger partial charge in [0, 0.05) is 6.04 Å². The predicted octanol–water partition coefficient (Wildman–Crippen LogP) is 1.21. The second-order valence-electron chi connectivity index (χ2n) is 4.30. The molecule has 0 aliphatic heterocycles. The summed E-state index contributed by atoms with van der Waals surface area (Å²) in [5.41, 5.74) is 11.8. The summed E-state index contributed by atoms with van der Waals surface area (Å²) >= 11 is 0. The number of hydrogen-bond donors (Lipinski definition) is 4. The van der Waals surface area contributed by atoms with Crippen LogP contribution in [0.4, 0.5) is 0 Å². The molecule has 6 heteroatoms. The molecule has 6 nitrogen and oxygen atoms in total. The van der Waals surface area contributed by atoms with Gasteiger partial charge in [-0.15, -0.1) is 0 Å². The van der Waals surface area contributed by atoms with Crippen LogP contribution < -0.4 is 11.5 Å². The molecule has 0 saturated heterocycles. The van der Waals surface area contributed by atoms with Gasteiger partial charge in [0.25, 0.3) is 0 Å². The average molecular weight is 266 g/mol. The number of nitrogens with two attached hydrogens (primary N) is 2. The van der Waals surface area contributed by atoms with Crippen LogP contribution in [0.5, 0.6) is 0 Å². The van der Waals surface area contributed by atoms with Gasteiger partial charge in [-0.05, 0) is 43.1 Å². The normalized spacial score (nSPS) is 12.1. The van der Waals surface area contributed by atoms with Crippen LogP contribution in [-0.4, -0.2) is 28.7 Å². The molecule has 6 N–H and O–H groups in total. The molecule has 1 unspecified atom stereocenters. The van der Waals surface area contributed by atoms with Crippen molar-refractivity contribution in [3.63, 3.8) is 0 Å². The van der Waals surface area contributed by atoms with Crippen molar-refractivity contribution in [2.75, 3.05) is 6.54 Å². The molecule has 1 atom stereocenters. The topological polar surface area (TPSA) is 127 Å². The number of carboxylic acids is 2. The Morgan fingerprint density at radius 3 is 2.37 bits per heavy atom. The van der Waals surface area contributed by atoms with E-state index in [0.717, 1.165) is 12.8 Å². The highest BCUT2D eigenvalue weighted by atomic mass is 16.4. The maximum atomic E-state index is 11.1. The fourth-order valence-electron chi connectivity index (χ4n) is 1.86. The van der Waals surface area contributed by atoms with Gasteiger partial charge in [-0.2, -0.15) is 0 Å². The number of aromatic carboxylic acids is 2. The van der Waals surface area contributed by atoms with Gasteiger partial charge < -0.3 is 21.7 Å². The Kier molecular flexibility index (Phi) is 5.47. The number of carboxylic acid groups (broad SMARTS) is 2. The van der Waals surface area contributed by atoms with Crippen molar-refractivity contribution in [3.05, 3.63) is 34.9 Å². The van der Waals surface area contributed by atoms with Crippen LogP contribution >= 0.6 is 0 Å². The maximum Gasteiger partial charge on any atom is 0.336 e. The van der Waals surface area contributed by atoms with Crippen LogP contribution in [0.1, 0.15) is 51.6 Å². The molecular formula is C13H18N2O4. The monoisotopic (exact) mass is 266 g/mol. The van der Waals surface area contributed by atoms with E-state index in [1.165, 1.54) is 18.2 Å². The maximum absolute atomic E-state index is 11.1. The first kappa shape index (κ1) is 15.1. The minimum absolute atomic E-state index is 0.0364. The molecule has 0 radical (unpaired) electrons. The van der Waals surface area contributed by atoms with Crippen LogP contribution in [0.3, 0.4) is 0 Å². The summed E-state index contributed by atoms with van der Waals surface area (Å²) in [6.45, 7) is 0.549. The lowest BCUT2D eigenvalue weighted by molar-refractivity contribution is 0.0679. The lowest BCUT2D eigenvalue weighted by Crippen LogP contribution is -2.16. The third-order valence-electron chi connectivity index (χ3n) is 2.90. The molecule has 0 aliphatic rings. The Morgan fingerprint density at radius 2 is 1.84 bits per heavy atom. The number of rotatable bonds is 7.